The molecule has 0 bridgehead atoms. The Hall–Kier alpha value is 0.590. The van der Waals surface area contributed by atoms with E-state index < -0.39 is 9.23 Å². The molecule has 0 rings (SSSR count). The molecule has 1 atom stereocenters. The van der Waals surface area contributed by atoms with Crippen molar-refractivity contribution in [2.75, 3.05) is 12.4 Å². The Kier molecular flexibility index (Phi) is 6.14. The van der Waals surface area contributed by atoms with Crippen molar-refractivity contribution in [3.05, 3.63) is 0 Å². The van der Waals surface area contributed by atoms with Gasteiger partial charge in [0.15, 0.2) is 0 Å². The summed E-state index contributed by atoms with van der Waals surface area (Å²) >= 11 is 2.90. The summed E-state index contributed by atoms with van der Waals surface area (Å²) in [5.74, 6) is 0.639. The van der Waals surface area contributed by atoms with Gasteiger partial charge >= 0.3 is 0 Å². The number of hydrogen-bond donors (Lipinski definition) is 1. The molecule has 0 aliphatic rings. The average Bonchev–Trinajstić information content (AvgIpc) is 1.66. The first kappa shape index (κ1) is 8.59. The zero-order chi connectivity index (χ0) is 6.41. The summed E-state index contributed by atoms with van der Waals surface area (Å²) in [5, 5.41) is 8.26. The van der Waals surface area contributed by atoms with Gasteiger partial charge in [0.05, 0.1) is 9.23 Å². The lowest BCUT2D eigenvalue weighted by molar-refractivity contribution is 0.287. The second-order valence-corrected chi connectivity index (χ2v) is 4.58. The molecule has 0 radical (unpaired) electrons. The van der Waals surface area contributed by atoms with Gasteiger partial charge in [-0.05, 0) is 12.8 Å². The van der Waals surface area contributed by atoms with E-state index in [0.717, 1.165) is 12.8 Å². The standard InChI is InChI=1S/C4H9BrO2S/c5-8(7)4-2-1-3-6/h6H,1-4H2. The molecule has 0 fully saturated rings. The molecule has 0 spiro atoms. The van der Waals surface area contributed by atoms with Crippen LogP contribution in [0, 0.1) is 0 Å². The maximum Gasteiger partial charge on any atom is 0.0895 e. The molecule has 0 heterocycles. The van der Waals surface area contributed by atoms with Crippen LogP contribution in [0.25, 0.3) is 0 Å². The van der Waals surface area contributed by atoms with Crippen molar-refractivity contribution in [3.8, 4) is 0 Å². The Morgan fingerprint density at radius 3 is 2.50 bits per heavy atom. The predicted octanol–water partition coefficient (Wildman–Crippen LogP) is 0.817. The molecular formula is C4H9BrO2S. The molecule has 0 aliphatic carbocycles. The van der Waals surface area contributed by atoms with E-state index in [0.29, 0.717) is 5.75 Å². The van der Waals surface area contributed by atoms with Crippen molar-refractivity contribution < 1.29 is 9.32 Å². The molecule has 1 unspecified atom stereocenters. The quantitative estimate of drug-likeness (QED) is 0.540. The van der Waals surface area contributed by atoms with Crippen molar-refractivity contribution >= 4 is 24.0 Å². The van der Waals surface area contributed by atoms with E-state index in [2.05, 4.69) is 14.8 Å². The maximum atomic E-state index is 10.3. The molecule has 0 aromatic rings. The highest BCUT2D eigenvalue weighted by Crippen LogP contribution is 1.97. The van der Waals surface area contributed by atoms with E-state index >= 15 is 0 Å². The fourth-order valence-electron chi connectivity index (χ4n) is 0.327. The Balaban J connectivity index is 2.82. The fraction of sp³-hybridized carbons (Fsp3) is 1.00. The van der Waals surface area contributed by atoms with Crippen LogP contribution < -0.4 is 0 Å². The molecule has 0 saturated carbocycles. The molecule has 8 heavy (non-hydrogen) atoms. The Morgan fingerprint density at radius 2 is 2.12 bits per heavy atom. The van der Waals surface area contributed by atoms with Gasteiger partial charge in [-0.1, -0.05) is 0 Å². The number of unbranched alkanes of at least 4 members (excludes halogenated alkanes) is 1. The Morgan fingerprint density at radius 1 is 1.50 bits per heavy atom. The summed E-state index contributed by atoms with van der Waals surface area (Å²) in [5.41, 5.74) is 0. The van der Waals surface area contributed by atoms with E-state index in [1.54, 1.807) is 0 Å². The lowest BCUT2D eigenvalue weighted by Crippen LogP contribution is -1.90. The number of hydrogen-bond acceptors (Lipinski definition) is 2. The van der Waals surface area contributed by atoms with Gasteiger partial charge in [-0.3, -0.25) is 0 Å². The van der Waals surface area contributed by atoms with E-state index in [-0.39, 0.29) is 6.61 Å². The highest BCUT2D eigenvalue weighted by molar-refractivity contribution is 9.46. The van der Waals surface area contributed by atoms with Gasteiger partial charge in [-0.15, -0.1) is 0 Å². The van der Waals surface area contributed by atoms with E-state index in [1.165, 1.54) is 0 Å². The van der Waals surface area contributed by atoms with Gasteiger partial charge in [-0.2, -0.15) is 0 Å². The van der Waals surface area contributed by atoms with Crippen molar-refractivity contribution in [3.63, 3.8) is 0 Å². The average molecular weight is 201 g/mol. The molecule has 0 aliphatic heterocycles. The highest BCUT2D eigenvalue weighted by atomic mass is 79.9. The van der Waals surface area contributed by atoms with Gasteiger partial charge < -0.3 is 5.11 Å². The minimum atomic E-state index is -0.866. The normalized spacial score (nSPS) is 13.8. The summed E-state index contributed by atoms with van der Waals surface area (Å²) in [6.45, 7) is 0.199. The molecule has 0 aromatic heterocycles. The van der Waals surface area contributed by atoms with Crippen LogP contribution in [0.4, 0.5) is 0 Å². The monoisotopic (exact) mass is 200 g/mol. The molecule has 0 amide bonds. The Bertz CT molecular complexity index is 76.4. The SMILES string of the molecule is O=S(Br)CCCCO. The van der Waals surface area contributed by atoms with Crippen LogP contribution in [0.1, 0.15) is 12.8 Å². The van der Waals surface area contributed by atoms with Crippen LogP contribution in [0.5, 0.6) is 0 Å². The molecule has 0 saturated heterocycles. The summed E-state index contributed by atoms with van der Waals surface area (Å²) < 4.78 is 10.3. The van der Waals surface area contributed by atoms with Crippen molar-refractivity contribution in [2.24, 2.45) is 0 Å². The number of halogens is 1. The second-order valence-electron chi connectivity index (χ2n) is 1.42. The van der Waals surface area contributed by atoms with Crippen LogP contribution >= 0.6 is 14.8 Å². The topological polar surface area (TPSA) is 37.3 Å². The number of rotatable bonds is 4. The molecule has 4 heteroatoms. The second kappa shape index (κ2) is 5.72. The Labute approximate surface area is 58.9 Å². The predicted molar refractivity (Wildman–Crippen MR) is 38.3 cm³/mol. The lowest BCUT2D eigenvalue weighted by atomic mass is 10.4. The molecule has 2 nitrogen and oxygen atoms in total. The highest BCUT2D eigenvalue weighted by Gasteiger charge is 1.90. The van der Waals surface area contributed by atoms with E-state index in [1.807, 2.05) is 0 Å². The van der Waals surface area contributed by atoms with Crippen LogP contribution in [-0.4, -0.2) is 21.7 Å². The molecular weight excluding hydrogens is 192 g/mol. The third-order valence-corrected chi connectivity index (χ3v) is 2.29. The summed E-state index contributed by atoms with van der Waals surface area (Å²) in [6.07, 6.45) is 1.58. The third kappa shape index (κ3) is 6.59. The maximum absolute atomic E-state index is 10.3. The fourth-order valence-corrected chi connectivity index (χ4v) is 1.45. The molecule has 0 aromatic carbocycles. The largest absolute Gasteiger partial charge is 0.396 e. The minimum Gasteiger partial charge on any atom is -0.396 e. The molecule has 1 N–H and O–H groups in total. The van der Waals surface area contributed by atoms with E-state index in [4.69, 9.17) is 5.11 Å². The summed E-state index contributed by atoms with van der Waals surface area (Å²) in [6, 6.07) is 0. The van der Waals surface area contributed by atoms with Crippen LogP contribution in [0.15, 0.2) is 0 Å². The van der Waals surface area contributed by atoms with Crippen molar-refractivity contribution in [1.29, 1.82) is 0 Å². The summed E-state index contributed by atoms with van der Waals surface area (Å²) in [7, 11) is -0.866. The van der Waals surface area contributed by atoms with Gasteiger partial charge in [0.2, 0.25) is 0 Å². The van der Waals surface area contributed by atoms with Crippen molar-refractivity contribution in [2.45, 2.75) is 12.8 Å². The van der Waals surface area contributed by atoms with E-state index in [9.17, 15) is 4.21 Å². The third-order valence-electron chi connectivity index (χ3n) is 0.713. The number of aliphatic hydroxyl groups excluding tert-OH is 1. The number of aliphatic hydroxyl groups is 1. The first-order chi connectivity index (χ1) is 3.77. The molecule has 50 valence electrons. The van der Waals surface area contributed by atoms with Crippen molar-refractivity contribution in [1.82, 2.24) is 0 Å². The first-order valence-electron chi connectivity index (χ1n) is 2.43. The zero-order valence-electron chi connectivity index (χ0n) is 4.47. The lowest BCUT2D eigenvalue weighted by Gasteiger charge is -1.90. The van der Waals surface area contributed by atoms with Gasteiger partial charge in [0.25, 0.3) is 0 Å². The van der Waals surface area contributed by atoms with Crippen LogP contribution in [0.2, 0.25) is 0 Å². The van der Waals surface area contributed by atoms with Crippen LogP contribution in [0.3, 0.4) is 0 Å². The smallest absolute Gasteiger partial charge is 0.0895 e. The van der Waals surface area contributed by atoms with Crippen LogP contribution in [-0.2, 0) is 9.23 Å². The minimum absolute atomic E-state index is 0.199. The van der Waals surface area contributed by atoms with Gasteiger partial charge in [-0.25, -0.2) is 4.21 Å². The van der Waals surface area contributed by atoms with Gasteiger partial charge in [0, 0.05) is 27.2 Å². The van der Waals surface area contributed by atoms with Gasteiger partial charge in [0.1, 0.15) is 0 Å². The summed E-state index contributed by atoms with van der Waals surface area (Å²) in [4.78, 5) is 0. The zero-order valence-corrected chi connectivity index (χ0v) is 6.87. The first-order valence-corrected chi connectivity index (χ1v) is 5.59.